The van der Waals surface area contributed by atoms with Gasteiger partial charge in [0, 0.05) is 24.3 Å². The van der Waals surface area contributed by atoms with E-state index in [1.54, 1.807) is 46.8 Å². The Morgan fingerprint density at radius 1 is 1.13 bits per heavy atom. The van der Waals surface area contributed by atoms with Crippen LogP contribution in [0.4, 0.5) is 5.69 Å². The summed E-state index contributed by atoms with van der Waals surface area (Å²) < 4.78 is 32.9. The molecule has 1 saturated heterocycles. The monoisotopic (exact) mass is 444 g/mol. The van der Waals surface area contributed by atoms with E-state index in [1.165, 1.54) is 0 Å². The summed E-state index contributed by atoms with van der Waals surface area (Å²) in [6.45, 7) is 8.13. The van der Waals surface area contributed by atoms with Crippen LogP contribution in [0, 0.1) is 11.8 Å². The van der Waals surface area contributed by atoms with Gasteiger partial charge in [0.15, 0.2) is 0 Å². The molecule has 1 aliphatic rings. The minimum Gasteiger partial charge on any atom is -0.494 e. The summed E-state index contributed by atoms with van der Waals surface area (Å²) in [5.41, 5.74) is 1.03. The van der Waals surface area contributed by atoms with Gasteiger partial charge in [-0.1, -0.05) is 26.8 Å². The first-order valence-electron chi connectivity index (χ1n) is 10.9. The molecule has 0 atom stereocenters. The molecule has 0 aromatic heterocycles. The highest BCUT2D eigenvalue weighted by molar-refractivity contribution is 7.89. The Labute approximate surface area is 185 Å². The van der Waals surface area contributed by atoms with E-state index in [0.717, 1.165) is 19.3 Å². The van der Waals surface area contributed by atoms with Gasteiger partial charge in [0.05, 0.1) is 11.5 Å². The number of nitrogens with zero attached hydrogens (tertiary/aromatic N) is 1. The molecule has 1 amide bonds. The zero-order valence-electron chi connectivity index (χ0n) is 18.5. The van der Waals surface area contributed by atoms with Crippen LogP contribution in [0.3, 0.4) is 0 Å². The predicted octanol–water partition coefficient (Wildman–Crippen LogP) is 4.78. The molecule has 3 rings (SSSR count). The molecule has 0 aliphatic carbocycles. The zero-order valence-corrected chi connectivity index (χ0v) is 19.3. The topological polar surface area (TPSA) is 75.7 Å². The molecule has 1 N–H and O–H groups in total. The summed E-state index contributed by atoms with van der Waals surface area (Å²) in [5, 5.41) is 2.82. The quantitative estimate of drug-likeness (QED) is 0.635. The van der Waals surface area contributed by atoms with E-state index < -0.39 is 10.0 Å². The smallest absolute Gasteiger partial charge is 0.255 e. The van der Waals surface area contributed by atoms with Gasteiger partial charge in [-0.15, -0.1) is 0 Å². The summed E-state index contributed by atoms with van der Waals surface area (Å²) in [4.78, 5) is 12.9. The number of ether oxygens (including phenoxy) is 1. The maximum absolute atomic E-state index is 12.8. The number of anilines is 1. The number of hydrogen-bond acceptors (Lipinski definition) is 4. The number of carbonyl (C=O) groups is 1. The fraction of sp³-hybridized carbons (Fsp3) is 0.458. The Bertz CT molecular complexity index is 979. The Morgan fingerprint density at radius 3 is 2.45 bits per heavy atom. The average Bonchev–Trinajstić information content (AvgIpc) is 2.74. The first-order valence-corrected chi connectivity index (χ1v) is 12.3. The molecule has 31 heavy (non-hydrogen) atoms. The first kappa shape index (κ1) is 23.3. The maximum atomic E-state index is 12.8. The summed E-state index contributed by atoms with van der Waals surface area (Å²) in [6.07, 6.45) is 2.71. The molecule has 1 fully saturated rings. The van der Waals surface area contributed by atoms with Crippen LogP contribution in [-0.2, 0) is 10.0 Å². The highest BCUT2D eigenvalue weighted by Crippen LogP contribution is 2.24. The largest absolute Gasteiger partial charge is 0.494 e. The van der Waals surface area contributed by atoms with Crippen molar-refractivity contribution in [3.63, 3.8) is 0 Å². The van der Waals surface area contributed by atoms with Gasteiger partial charge in [0.1, 0.15) is 5.75 Å². The van der Waals surface area contributed by atoms with Crippen LogP contribution in [0.5, 0.6) is 5.75 Å². The Morgan fingerprint density at radius 2 is 1.81 bits per heavy atom. The van der Waals surface area contributed by atoms with Crippen LogP contribution in [0.1, 0.15) is 50.4 Å². The van der Waals surface area contributed by atoms with E-state index in [2.05, 4.69) is 26.1 Å². The van der Waals surface area contributed by atoms with Gasteiger partial charge in [-0.25, -0.2) is 8.42 Å². The first-order chi connectivity index (χ1) is 14.8. The highest BCUT2D eigenvalue weighted by Gasteiger charge is 2.27. The summed E-state index contributed by atoms with van der Waals surface area (Å²) in [6, 6.07) is 13.4. The van der Waals surface area contributed by atoms with Crippen molar-refractivity contribution in [2.24, 2.45) is 11.8 Å². The third-order valence-corrected chi connectivity index (χ3v) is 7.47. The van der Waals surface area contributed by atoms with Crippen molar-refractivity contribution >= 4 is 21.6 Å². The molecule has 0 unspecified atom stereocenters. The number of piperidine rings is 1. The van der Waals surface area contributed by atoms with Crippen molar-refractivity contribution < 1.29 is 17.9 Å². The molecule has 0 radical (unpaired) electrons. The Hall–Kier alpha value is -2.38. The Balaban J connectivity index is 1.62. The predicted molar refractivity (Wildman–Crippen MR) is 123 cm³/mol. The van der Waals surface area contributed by atoms with Gasteiger partial charge >= 0.3 is 0 Å². The number of sulfonamides is 1. The SMILES string of the molecule is CC(C)CCOc1cccc(C(=O)Nc2ccc(S(=O)(=O)N3CCC(C)CC3)cc2)c1. The van der Waals surface area contributed by atoms with Crippen molar-refractivity contribution in [2.75, 3.05) is 25.0 Å². The lowest BCUT2D eigenvalue weighted by Crippen LogP contribution is -2.37. The normalized spacial score (nSPS) is 15.7. The van der Waals surface area contributed by atoms with Crippen molar-refractivity contribution in [1.29, 1.82) is 0 Å². The summed E-state index contributed by atoms with van der Waals surface area (Å²) in [5.74, 6) is 1.50. The van der Waals surface area contributed by atoms with Crippen LogP contribution >= 0.6 is 0 Å². The van der Waals surface area contributed by atoms with Crippen LogP contribution in [-0.4, -0.2) is 38.3 Å². The number of rotatable bonds is 8. The third-order valence-electron chi connectivity index (χ3n) is 5.55. The number of benzene rings is 2. The van der Waals surface area contributed by atoms with Gasteiger partial charge in [-0.05, 0) is 73.6 Å². The number of carbonyl (C=O) groups excluding carboxylic acids is 1. The lowest BCUT2D eigenvalue weighted by Gasteiger charge is -2.29. The minimum absolute atomic E-state index is 0.251. The van der Waals surface area contributed by atoms with Gasteiger partial charge in [-0.2, -0.15) is 4.31 Å². The second-order valence-corrected chi connectivity index (χ2v) is 10.6. The number of amides is 1. The third kappa shape index (κ3) is 6.31. The van der Waals surface area contributed by atoms with Gasteiger partial charge < -0.3 is 10.1 Å². The van der Waals surface area contributed by atoms with E-state index in [1.807, 2.05) is 6.07 Å². The molecule has 6 nitrogen and oxygen atoms in total. The molecule has 0 saturated carbocycles. The fourth-order valence-electron chi connectivity index (χ4n) is 3.43. The fourth-order valence-corrected chi connectivity index (χ4v) is 4.90. The lowest BCUT2D eigenvalue weighted by atomic mass is 10.0. The molecular formula is C24H32N2O4S. The minimum atomic E-state index is -3.50. The van der Waals surface area contributed by atoms with Crippen LogP contribution < -0.4 is 10.1 Å². The van der Waals surface area contributed by atoms with Crippen molar-refractivity contribution in [3.05, 3.63) is 54.1 Å². The van der Waals surface area contributed by atoms with E-state index in [-0.39, 0.29) is 10.8 Å². The van der Waals surface area contributed by atoms with Gasteiger partial charge in [0.25, 0.3) is 5.91 Å². The van der Waals surface area contributed by atoms with E-state index in [4.69, 9.17) is 4.74 Å². The second kappa shape index (κ2) is 10.3. The Kier molecular flexibility index (Phi) is 7.73. The van der Waals surface area contributed by atoms with E-state index in [9.17, 15) is 13.2 Å². The molecule has 2 aromatic rings. The van der Waals surface area contributed by atoms with E-state index >= 15 is 0 Å². The molecule has 2 aromatic carbocycles. The van der Waals surface area contributed by atoms with Gasteiger partial charge in [0.2, 0.25) is 10.0 Å². The molecular weight excluding hydrogens is 412 g/mol. The summed E-state index contributed by atoms with van der Waals surface area (Å²) in [7, 11) is -3.50. The molecule has 0 bridgehead atoms. The lowest BCUT2D eigenvalue weighted by molar-refractivity contribution is 0.102. The van der Waals surface area contributed by atoms with Crippen LogP contribution in [0.25, 0.3) is 0 Å². The standard InChI is InChI=1S/C24H32N2O4S/c1-18(2)13-16-30-22-6-4-5-20(17-22)24(27)25-21-7-9-23(10-8-21)31(28,29)26-14-11-19(3)12-15-26/h4-10,17-19H,11-16H2,1-3H3,(H,25,27). The maximum Gasteiger partial charge on any atom is 0.255 e. The molecule has 1 aliphatic heterocycles. The summed E-state index contributed by atoms with van der Waals surface area (Å²) >= 11 is 0. The molecule has 7 heteroatoms. The van der Waals surface area contributed by atoms with Crippen LogP contribution in [0.15, 0.2) is 53.4 Å². The molecule has 168 valence electrons. The van der Waals surface area contributed by atoms with Crippen molar-refractivity contribution in [1.82, 2.24) is 4.31 Å². The van der Waals surface area contributed by atoms with Gasteiger partial charge in [-0.3, -0.25) is 4.79 Å². The zero-order chi connectivity index (χ0) is 22.4. The van der Waals surface area contributed by atoms with E-state index in [0.29, 0.717) is 48.5 Å². The molecule has 1 heterocycles. The number of nitrogens with one attached hydrogen (secondary N) is 1. The van der Waals surface area contributed by atoms with Crippen LogP contribution in [0.2, 0.25) is 0 Å². The van der Waals surface area contributed by atoms with Crippen molar-refractivity contribution in [3.8, 4) is 5.75 Å². The molecule has 0 spiro atoms. The highest BCUT2D eigenvalue weighted by atomic mass is 32.2. The second-order valence-electron chi connectivity index (χ2n) is 8.62. The number of hydrogen-bond donors (Lipinski definition) is 1. The van der Waals surface area contributed by atoms with Crippen molar-refractivity contribution in [2.45, 2.75) is 44.9 Å². The average molecular weight is 445 g/mol.